The molecule has 0 atom stereocenters. The summed E-state index contributed by atoms with van der Waals surface area (Å²) in [6, 6.07) is 6.50. The number of hydrogen-bond donors (Lipinski definition) is 1. The fourth-order valence-corrected chi connectivity index (χ4v) is 4.70. The fraction of sp³-hybridized carbons (Fsp3) is 0.348. The van der Waals surface area contributed by atoms with Crippen molar-refractivity contribution in [3.05, 3.63) is 55.5 Å². The number of benzene rings is 1. The molecule has 1 N–H and O–H groups in total. The molecule has 2 heterocycles. The Balaban J connectivity index is 1.90. The van der Waals surface area contributed by atoms with E-state index in [0.29, 0.717) is 21.8 Å². The minimum atomic E-state index is -0.712. The molecule has 1 aromatic carbocycles. The van der Waals surface area contributed by atoms with Gasteiger partial charge in [-0.05, 0) is 56.9 Å². The van der Waals surface area contributed by atoms with Gasteiger partial charge in [0, 0.05) is 24.0 Å². The number of nitro groups is 1. The predicted molar refractivity (Wildman–Crippen MR) is 127 cm³/mol. The number of nitrogens with one attached hydrogen (secondary N) is 1. The first-order valence-corrected chi connectivity index (χ1v) is 11.3. The Labute approximate surface area is 195 Å². The SMILES string of the molecule is CCOC(=O)c1c(NC(=O)/C(C#N)=C\c2ccc(N3CCCC3)c([N+](=O)[O-])c2)sc(C)c1C. The first kappa shape index (κ1) is 23.9. The van der Waals surface area contributed by atoms with Crippen LogP contribution in [0.25, 0.3) is 6.08 Å². The quantitative estimate of drug-likeness (QED) is 0.207. The minimum absolute atomic E-state index is 0.0718. The van der Waals surface area contributed by atoms with Crippen LogP contribution in [0, 0.1) is 35.3 Å². The number of amides is 1. The Hall–Kier alpha value is -3.71. The van der Waals surface area contributed by atoms with Gasteiger partial charge in [-0.1, -0.05) is 6.07 Å². The van der Waals surface area contributed by atoms with E-state index >= 15 is 0 Å². The highest BCUT2D eigenvalue weighted by molar-refractivity contribution is 7.16. The van der Waals surface area contributed by atoms with Crippen molar-refractivity contribution >= 4 is 45.7 Å². The van der Waals surface area contributed by atoms with E-state index in [-0.39, 0.29) is 23.4 Å². The van der Waals surface area contributed by atoms with Gasteiger partial charge >= 0.3 is 5.97 Å². The second-order valence-corrected chi connectivity index (χ2v) is 8.76. The Morgan fingerprint density at radius 2 is 2.03 bits per heavy atom. The number of esters is 1. The van der Waals surface area contributed by atoms with Crippen LogP contribution in [0.5, 0.6) is 0 Å². The molecule has 1 aliphatic rings. The molecule has 0 radical (unpaired) electrons. The molecule has 1 aliphatic heterocycles. The van der Waals surface area contributed by atoms with Gasteiger partial charge in [0.25, 0.3) is 11.6 Å². The van der Waals surface area contributed by atoms with Crippen molar-refractivity contribution in [1.29, 1.82) is 5.26 Å². The average molecular weight is 469 g/mol. The van der Waals surface area contributed by atoms with Gasteiger partial charge in [-0.3, -0.25) is 14.9 Å². The first-order chi connectivity index (χ1) is 15.8. The van der Waals surface area contributed by atoms with E-state index < -0.39 is 16.8 Å². The van der Waals surface area contributed by atoms with E-state index in [2.05, 4.69) is 5.32 Å². The monoisotopic (exact) mass is 468 g/mol. The third-order valence-electron chi connectivity index (χ3n) is 5.41. The van der Waals surface area contributed by atoms with E-state index in [1.807, 2.05) is 17.9 Å². The van der Waals surface area contributed by atoms with Crippen LogP contribution in [0.1, 0.15) is 46.1 Å². The largest absolute Gasteiger partial charge is 0.462 e. The topological polar surface area (TPSA) is 126 Å². The summed E-state index contributed by atoms with van der Waals surface area (Å²) in [7, 11) is 0. The molecule has 0 unspecified atom stereocenters. The zero-order valence-electron chi connectivity index (χ0n) is 18.6. The Bertz CT molecular complexity index is 1170. The molecule has 1 saturated heterocycles. The maximum atomic E-state index is 12.8. The second-order valence-electron chi connectivity index (χ2n) is 7.53. The molecule has 3 rings (SSSR count). The summed E-state index contributed by atoms with van der Waals surface area (Å²) in [6.07, 6.45) is 3.26. The molecule has 0 aliphatic carbocycles. The number of carbonyl (C=O) groups is 2. The smallest absolute Gasteiger partial charge is 0.341 e. The van der Waals surface area contributed by atoms with Crippen LogP contribution in [0.3, 0.4) is 0 Å². The molecule has 1 fully saturated rings. The first-order valence-electron chi connectivity index (χ1n) is 10.5. The van der Waals surface area contributed by atoms with Gasteiger partial charge in [0.05, 0.1) is 17.1 Å². The van der Waals surface area contributed by atoms with Crippen molar-refractivity contribution in [3.63, 3.8) is 0 Å². The van der Waals surface area contributed by atoms with E-state index in [4.69, 9.17) is 4.74 Å². The van der Waals surface area contributed by atoms with Gasteiger partial charge < -0.3 is 15.0 Å². The van der Waals surface area contributed by atoms with Crippen molar-refractivity contribution in [2.75, 3.05) is 29.9 Å². The standard InChI is InChI=1S/C23H24N4O5S/c1-4-32-23(29)20-14(2)15(3)33-22(20)25-21(28)17(13-24)11-16-7-8-18(19(12-16)27(30)31)26-9-5-6-10-26/h7-8,11-12H,4-6,9-10H2,1-3H3,(H,25,28)/b17-11-. The molecule has 10 heteroatoms. The Morgan fingerprint density at radius 1 is 1.33 bits per heavy atom. The number of nitro benzene ring substituents is 1. The summed E-state index contributed by atoms with van der Waals surface area (Å²) in [5, 5.41) is 24.1. The van der Waals surface area contributed by atoms with Crippen molar-refractivity contribution < 1.29 is 19.2 Å². The van der Waals surface area contributed by atoms with Crippen LogP contribution in [-0.2, 0) is 9.53 Å². The summed E-state index contributed by atoms with van der Waals surface area (Å²) < 4.78 is 5.08. The van der Waals surface area contributed by atoms with Crippen LogP contribution < -0.4 is 10.2 Å². The zero-order valence-corrected chi connectivity index (χ0v) is 19.5. The summed E-state index contributed by atoms with van der Waals surface area (Å²) >= 11 is 1.22. The van der Waals surface area contributed by atoms with E-state index in [9.17, 15) is 25.0 Å². The normalized spacial score (nSPS) is 13.5. The van der Waals surface area contributed by atoms with Gasteiger partial charge in [0.15, 0.2) is 0 Å². The van der Waals surface area contributed by atoms with Gasteiger partial charge in [-0.25, -0.2) is 4.79 Å². The average Bonchev–Trinajstić information content (AvgIpc) is 3.40. The van der Waals surface area contributed by atoms with Crippen molar-refractivity contribution in [2.45, 2.75) is 33.6 Å². The molecular formula is C23H24N4O5S. The highest BCUT2D eigenvalue weighted by Crippen LogP contribution is 2.34. The number of thiophene rings is 1. The number of ether oxygens (including phenoxy) is 1. The molecule has 33 heavy (non-hydrogen) atoms. The van der Waals surface area contributed by atoms with Crippen LogP contribution in [0.4, 0.5) is 16.4 Å². The predicted octanol–water partition coefficient (Wildman–Crippen LogP) is 4.60. The van der Waals surface area contributed by atoms with Gasteiger partial charge in [0.2, 0.25) is 0 Å². The zero-order chi connectivity index (χ0) is 24.1. The van der Waals surface area contributed by atoms with Gasteiger partial charge in [-0.2, -0.15) is 5.26 Å². The molecule has 1 aromatic heterocycles. The Morgan fingerprint density at radius 3 is 2.64 bits per heavy atom. The lowest BCUT2D eigenvalue weighted by atomic mass is 10.1. The number of aryl methyl sites for hydroxylation is 1. The van der Waals surface area contributed by atoms with Crippen LogP contribution in [-0.4, -0.2) is 36.5 Å². The molecule has 0 bridgehead atoms. The number of rotatable bonds is 7. The summed E-state index contributed by atoms with van der Waals surface area (Å²) in [4.78, 5) is 39.1. The van der Waals surface area contributed by atoms with Crippen LogP contribution >= 0.6 is 11.3 Å². The maximum absolute atomic E-state index is 12.8. The number of carbonyl (C=O) groups excluding carboxylic acids is 2. The van der Waals surface area contributed by atoms with Crippen LogP contribution in [0.15, 0.2) is 23.8 Å². The molecule has 1 amide bonds. The summed E-state index contributed by atoms with van der Waals surface area (Å²) in [5.41, 5.74) is 1.54. The van der Waals surface area contributed by atoms with Crippen molar-refractivity contribution in [3.8, 4) is 6.07 Å². The van der Waals surface area contributed by atoms with E-state index in [1.165, 1.54) is 23.5 Å². The lowest BCUT2D eigenvalue weighted by Crippen LogP contribution is -2.19. The molecular weight excluding hydrogens is 444 g/mol. The third kappa shape index (κ3) is 5.21. The lowest BCUT2D eigenvalue weighted by molar-refractivity contribution is -0.384. The lowest BCUT2D eigenvalue weighted by Gasteiger charge is -2.17. The fourth-order valence-electron chi connectivity index (χ4n) is 3.65. The number of hydrogen-bond acceptors (Lipinski definition) is 8. The third-order valence-corrected chi connectivity index (χ3v) is 6.53. The van der Waals surface area contributed by atoms with Gasteiger partial charge in [0.1, 0.15) is 22.3 Å². The summed E-state index contributed by atoms with van der Waals surface area (Å²) in [5.74, 6) is -1.26. The highest BCUT2D eigenvalue weighted by atomic mass is 32.1. The van der Waals surface area contributed by atoms with E-state index in [0.717, 1.165) is 30.8 Å². The molecule has 172 valence electrons. The number of nitriles is 1. The van der Waals surface area contributed by atoms with Crippen molar-refractivity contribution in [1.82, 2.24) is 0 Å². The Kier molecular flexibility index (Phi) is 7.45. The number of nitrogens with zero attached hydrogens (tertiary/aromatic N) is 3. The molecule has 0 spiro atoms. The van der Waals surface area contributed by atoms with Crippen LogP contribution in [0.2, 0.25) is 0 Å². The van der Waals surface area contributed by atoms with Gasteiger partial charge in [-0.15, -0.1) is 11.3 Å². The second kappa shape index (κ2) is 10.3. The van der Waals surface area contributed by atoms with E-state index in [1.54, 1.807) is 26.0 Å². The van der Waals surface area contributed by atoms with Crippen molar-refractivity contribution in [2.24, 2.45) is 0 Å². The molecule has 9 nitrogen and oxygen atoms in total. The maximum Gasteiger partial charge on any atom is 0.341 e. The summed E-state index contributed by atoms with van der Waals surface area (Å²) in [6.45, 7) is 6.97. The highest BCUT2D eigenvalue weighted by Gasteiger charge is 2.24. The molecule has 2 aromatic rings. The number of anilines is 2. The minimum Gasteiger partial charge on any atom is -0.462 e. The molecule has 0 saturated carbocycles.